The lowest BCUT2D eigenvalue weighted by atomic mass is 10.1. The van der Waals surface area contributed by atoms with Crippen molar-refractivity contribution in [1.82, 2.24) is 0 Å². The summed E-state index contributed by atoms with van der Waals surface area (Å²) >= 11 is 0. The van der Waals surface area contributed by atoms with Crippen LogP contribution in [-0.2, 0) is 0 Å². The van der Waals surface area contributed by atoms with Gasteiger partial charge in [-0.25, -0.2) is 4.39 Å². The first-order chi connectivity index (χ1) is 11.2. The van der Waals surface area contributed by atoms with Crippen LogP contribution in [0.3, 0.4) is 0 Å². The van der Waals surface area contributed by atoms with Gasteiger partial charge in [-0.2, -0.15) is 4.39 Å². The van der Waals surface area contributed by atoms with Crippen LogP contribution < -0.4 is 4.74 Å². The van der Waals surface area contributed by atoms with Gasteiger partial charge < -0.3 is 4.74 Å². The van der Waals surface area contributed by atoms with Crippen LogP contribution in [0.5, 0.6) is 5.75 Å². The number of halogens is 2. The highest BCUT2D eigenvalue weighted by molar-refractivity contribution is 5.52. The first kappa shape index (κ1) is 16.5. The Kier molecular flexibility index (Phi) is 5.69. The van der Waals surface area contributed by atoms with Crippen LogP contribution in [0.15, 0.2) is 18.2 Å². The van der Waals surface area contributed by atoms with E-state index in [0.29, 0.717) is 24.0 Å². The maximum absolute atomic E-state index is 14.2. The molecule has 1 aromatic rings. The lowest BCUT2D eigenvalue weighted by Gasteiger charge is -2.12. The first-order valence-corrected chi connectivity index (χ1v) is 9.03. The SMILES string of the molecule is Fc1c(/C=C/C2CCCC2)ccc(OCCC2CCCC2)c1F. The molecule has 0 saturated heterocycles. The van der Waals surface area contributed by atoms with E-state index in [1.165, 1.54) is 38.5 Å². The highest BCUT2D eigenvalue weighted by atomic mass is 19.2. The van der Waals surface area contributed by atoms with Crippen molar-refractivity contribution in [2.45, 2.75) is 57.8 Å². The topological polar surface area (TPSA) is 9.23 Å². The molecular weight excluding hydrogens is 294 g/mol. The number of hydrogen-bond donors (Lipinski definition) is 0. The second kappa shape index (κ2) is 7.94. The Bertz CT molecular complexity index is 541. The molecule has 0 heterocycles. The number of hydrogen-bond acceptors (Lipinski definition) is 1. The van der Waals surface area contributed by atoms with E-state index in [2.05, 4.69) is 0 Å². The smallest absolute Gasteiger partial charge is 0.201 e. The fourth-order valence-corrected chi connectivity index (χ4v) is 3.81. The van der Waals surface area contributed by atoms with Crippen LogP contribution in [0.1, 0.15) is 63.4 Å². The van der Waals surface area contributed by atoms with Gasteiger partial charge in [-0.15, -0.1) is 0 Å². The van der Waals surface area contributed by atoms with Gasteiger partial charge in [-0.3, -0.25) is 0 Å². The number of ether oxygens (including phenoxy) is 1. The first-order valence-electron chi connectivity index (χ1n) is 9.03. The molecule has 0 amide bonds. The summed E-state index contributed by atoms with van der Waals surface area (Å²) < 4.78 is 33.8. The summed E-state index contributed by atoms with van der Waals surface area (Å²) in [6.07, 6.45) is 14.5. The average Bonchev–Trinajstić information content (AvgIpc) is 3.24. The van der Waals surface area contributed by atoms with Crippen molar-refractivity contribution in [3.8, 4) is 5.75 Å². The van der Waals surface area contributed by atoms with Crippen molar-refractivity contribution in [2.24, 2.45) is 11.8 Å². The van der Waals surface area contributed by atoms with E-state index in [1.54, 1.807) is 18.2 Å². The fourth-order valence-electron chi connectivity index (χ4n) is 3.81. The molecule has 2 fully saturated rings. The zero-order valence-corrected chi connectivity index (χ0v) is 13.7. The Morgan fingerprint density at radius 2 is 1.65 bits per heavy atom. The zero-order valence-electron chi connectivity index (χ0n) is 13.7. The minimum absolute atomic E-state index is 0.0403. The Balaban J connectivity index is 1.57. The Hall–Kier alpha value is -1.38. The van der Waals surface area contributed by atoms with Gasteiger partial charge in [-0.05, 0) is 43.2 Å². The summed E-state index contributed by atoms with van der Waals surface area (Å²) in [6.45, 7) is 0.471. The predicted octanol–water partition coefficient (Wildman–Crippen LogP) is 6.13. The van der Waals surface area contributed by atoms with Crippen LogP contribution in [-0.4, -0.2) is 6.61 Å². The Labute approximate surface area is 137 Å². The molecule has 0 spiro atoms. The van der Waals surface area contributed by atoms with Crippen LogP contribution in [0.4, 0.5) is 8.78 Å². The third-order valence-corrected chi connectivity index (χ3v) is 5.28. The minimum atomic E-state index is -0.856. The lowest BCUT2D eigenvalue weighted by molar-refractivity contribution is 0.264. The lowest BCUT2D eigenvalue weighted by Crippen LogP contribution is -2.06. The van der Waals surface area contributed by atoms with Crippen LogP contribution in [0.2, 0.25) is 0 Å². The Morgan fingerprint density at radius 1 is 0.957 bits per heavy atom. The van der Waals surface area contributed by atoms with Crippen molar-refractivity contribution >= 4 is 6.08 Å². The normalized spacial score (nSPS) is 19.9. The molecule has 1 aromatic carbocycles. The molecule has 0 bridgehead atoms. The van der Waals surface area contributed by atoms with Gasteiger partial charge in [0.1, 0.15) is 0 Å². The maximum atomic E-state index is 14.2. The van der Waals surface area contributed by atoms with E-state index >= 15 is 0 Å². The molecule has 3 heteroatoms. The second-order valence-electron chi connectivity index (χ2n) is 6.97. The molecule has 2 aliphatic carbocycles. The highest BCUT2D eigenvalue weighted by Gasteiger charge is 2.17. The molecule has 0 aromatic heterocycles. The van der Waals surface area contributed by atoms with Gasteiger partial charge in [0, 0.05) is 5.56 Å². The van der Waals surface area contributed by atoms with Crippen molar-refractivity contribution in [2.75, 3.05) is 6.61 Å². The predicted molar refractivity (Wildman–Crippen MR) is 89.4 cm³/mol. The van der Waals surface area contributed by atoms with Gasteiger partial charge in [0.15, 0.2) is 11.6 Å². The number of benzene rings is 1. The molecule has 3 rings (SSSR count). The summed E-state index contributed by atoms with van der Waals surface area (Å²) in [5, 5.41) is 0. The van der Waals surface area contributed by atoms with E-state index in [-0.39, 0.29) is 5.75 Å². The second-order valence-corrected chi connectivity index (χ2v) is 6.97. The quantitative estimate of drug-likeness (QED) is 0.613. The van der Waals surface area contributed by atoms with E-state index in [4.69, 9.17) is 4.74 Å². The summed E-state index contributed by atoms with van der Waals surface area (Å²) in [4.78, 5) is 0. The Morgan fingerprint density at radius 3 is 2.39 bits per heavy atom. The van der Waals surface area contributed by atoms with Gasteiger partial charge >= 0.3 is 0 Å². The van der Waals surface area contributed by atoms with Crippen molar-refractivity contribution in [3.63, 3.8) is 0 Å². The molecule has 2 aliphatic rings. The number of allylic oxidation sites excluding steroid dienone is 1. The van der Waals surface area contributed by atoms with Crippen molar-refractivity contribution < 1.29 is 13.5 Å². The van der Waals surface area contributed by atoms with E-state index in [9.17, 15) is 8.78 Å². The molecule has 23 heavy (non-hydrogen) atoms. The van der Waals surface area contributed by atoms with Gasteiger partial charge in [0.05, 0.1) is 6.61 Å². The van der Waals surface area contributed by atoms with E-state index in [0.717, 1.165) is 19.3 Å². The van der Waals surface area contributed by atoms with Gasteiger partial charge in [-0.1, -0.05) is 50.7 Å². The van der Waals surface area contributed by atoms with Gasteiger partial charge in [0.2, 0.25) is 5.82 Å². The minimum Gasteiger partial charge on any atom is -0.490 e. The maximum Gasteiger partial charge on any atom is 0.201 e. The summed E-state index contributed by atoms with van der Waals surface area (Å²) in [5.74, 6) is -0.405. The molecule has 0 N–H and O–H groups in total. The molecule has 1 nitrogen and oxygen atoms in total. The highest BCUT2D eigenvalue weighted by Crippen LogP contribution is 2.30. The third kappa shape index (κ3) is 4.33. The molecular formula is C20H26F2O. The van der Waals surface area contributed by atoms with Crippen molar-refractivity contribution in [1.29, 1.82) is 0 Å². The molecule has 0 radical (unpaired) electrons. The summed E-state index contributed by atoms with van der Waals surface area (Å²) in [6, 6.07) is 3.18. The number of rotatable bonds is 6. The molecule has 126 valence electrons. The average molecular weight is 320 g/mol. The van der Waals surface area contributed by atoms with Crippen LogP contribution in [0.25, 0.3) is 6.08 Å². The molecule has 0 unspecified atom stereocenters. The largest absolute Gasteiger partial charge is 0.490 e. The zero-order chi connectivity index (χ0) is 16.1. The standard InChI is InChI=1S/C20H26F2O/c21-19-17(10-9-15-5-1-2-6-15)11-12-18(20(19)22)23-14-13-16-7-3-4-8-16/h9-12,15-16H,1-8,13-14H2/b10-9+. The summed E-state index contributed by atoms with van der Waals surface area (Å²) in [5.41, 5.74) is 0.317. The van der Waals surface area contributed by atoms with Crippen LogP contribution in [0, 0.1) is 23.5 Å². The van der Waals surface area contributed by atoms with Crippen LogP contribution >= 0.6 is 0 Å². The van der Waals surface area contributed by atoms with E-state index in [1.807, 2.05) is 6.08 Å². The van der Waals surface area contributed by atoms with E-state index < -0.39 is 11.6 Å². The van der Waals surface area contributed by atoms with Crippen molar-refractivity contribution in [3.05, 3.63) is 35.4 Å². The molecule has 2 saturated carbocycles. The monoisotopic (exact) mass is 320 g/mol. The third-order valence-electron chi connectivity index (χ3n) is 5.28. The fraction of sp³-hybridized carbons (Fsp3) is 0.600. The summed E-state index contributed by atoms with van der Waals surface area (Å²) in [7, 11) is 0. The molecule has 0 atom stereocenters. The molecule has 0 aliphatic heterocycles. The van der Waals surface area contributed by atoms with Gasteiger partial charge in [0.25, 0.3) is 0 Å².